The van der Waals surface area contributed by atoms with Crippen molar-refractivity contribution in [3.05, 3.63) is 57.0 Å². The van der Waals surface area contributed by atoms with E-state index in [-0.39, 0.29) is 35.0 Å². The summed E-state index contributed by atoms with van der Waals surface area (Å²) >= 11 is 19.7. The van der Waals surface area contributed by atoms with Crippen LogP contribution in [0.2, 0.25) is 15.1 Å². The smallest absolute Gasteiger partial charge is 0.414 e. The minimum absolute atomic E-state index is 0.118. The van der Waals surface area contributed by atoms with Crippen LogP contribution in [0.15, 0.2) is 40.6 Å². The Morgan fingerprint density at radius 2 is 1.69 bits per heavy atom. The third kappa shape index (κ3) is 3.77. The molecule has 0 saturated carbocycles. The van der Waals surface area contributed by atoms with Crippen molar-refractivity contribution in [2.24, 2.45) is 0 Å². The number of carbonyl (C=O) groups is 1. The minimum Gasteiger partial charge on any atom is -0.444 e. The molecule has 32 heavy (non-hydrogen) atoms. The van der Waals surface area contributed by atoms with Gasteiger partial charge in [0, 0.05) is 44.8 Å². The van der Waals surface area contributed by atoms with Crippen LogP contribution in [-0.4, -0.2) is 37.9 Å². The summed E-state index contributed by atoms with van der Waals surface area (Å²) in [7, 11) is -3.78. The highest BCUT2D eigenvalue weighted by Gasteiger charge is 2.38. The molecule has 168 valence electrons. The number of fused-ring (bicyclic) bond motifs is 2. The van der Waals surface area contributed by atoms with Crippen LogP contribution in [0, 0.1) is 0 Å². The number of hydrogen-bond acceptors (Lipinski definition) is 5. The monoisotopic (exact) mass is 530 g/mol. The Morgan fingerprint density at radius 3 is 2.44 bits per heavy atom. The maximum absolute atomic E-state index is 13.3. The molecule has 0 unspecified atom stereocenters. The number of thiophene rings is 1. The zero-order chi connectivity index (χ0) is 22.6. The molecule has 0 aliphatic carbocycles. The van der Waals surface area contributed by atoms with Crippen molar-refractivity contribution >= 4 is 78.0 Å². The van der Waals surface area contributed by atoms with Gasteiger partial charge in [-0.25, -0.2) is 13.2 Å². The molecular formula is C21H17Cl3N2O4S2. The van der Waals surface area contributed by atoms with E-state index in [9.17, 15) is 13.2 Å². The van der Waals surface area contributed by atoms with E-state index in [1.165, 1.54) is 4.31 Å². The second-order valence-electron chi connectivity index (χ2n) is 7.68. The van der Waals surface area contributed by atoms with Gasteiger partial charge in [0.1, 0.15) is 6.61 Å². The molecule has 3 aromatic rings. The molecule has 2 aliphatic heterocycles. The number of amides is 1. The Balaban J connectivity index is 1.38. The first-order valence-corrected chi connectivity index (χ1v) is 13.3. The highest BCUT2D eigenvalue weighted by atomic mass is 35.5. The quantitative estimate of drug-likeness (QED) is 0.405. The van der Waals surface area contributed by atoms with E-state index in [1.54, 1.807) is 35.2 Å². The van der Waals surface area contributed by atoms with Gasteiger partial charge in [0.25, 0.3) is 10.0 Å². The molecule has 2 aliphatic rings. The van der Waals surface area contributed by atoms with Gasteiger partial charge in [-0.2, -0.15) is 4.31 Å². The maximum atomic E-state index is 13.3. The highest BCUT2D eigenvalue weighted by Crippen LogP contribution is 2.42. The third-order valence-electron chi connectivity index (χ3n) is 5.77. The van der Waals surface area contributed by atoms with Crippen LogP contribution in [0.4, 0.5) is 10.5 Å². The van der Waals surface area contributed by atoms with Gasteiger partial charge in [0.05, 0.1) is 10.7 Å². The molecule has 1 aromatic heterocycles. The number of rotatable bonds is 3. The first kappa shape index (κ1) is 22.3. The fraction of sp³-hybridized carbons (Fsp3) is 0.286. The summed E-state index contributed by atoms with van der Waals surface area (Å²) in [5.41, 5.74) is 1.60. The molecular weight excluding hydrogens is 515 g/mol. The zero-order valence-electron chi connectivity index (χ0n) is 16.6. The van der Waals surface area contributed by atoms with Gasteiger partial charge >= 0.3 is 6.09 Å². The Kier molecular flexibility index (Phi) is 5.80. The first-order chi connectivity index (χ1) is 15.3. The summed E-state index contributed by atoms with van der Waals surface area (Å²) in [4.78, 5) is 14.1. The number of benzene rings is 2. The topological polar surface area (TPSA) is 66.9 Å². The van der Waals surface area contributed by atoms with Crippen LogP contribution in [0.1, 0.15) is 18.4 Å². The lowest BCUT2D eigenvalue weighted by Gasteiger charge is -2.39. The lowest BCUT2D eigenvalue weighted by molar-refractivity contribution is 0.136. The fourth-order valence-corrected chi connectivity index (χ4v) is 8.26. The van der Waals surface area contributed by atoms with Gasteiger partial charge < -0.3 is 4.74 Å². The molecule has 6 nitrogen and oxygen atoms in total. The lowest BCUT2D eigenvalue weighted by atomic mass is 10.0. The molecule has 2 aromatic carbocycles. The first-order valence-electron chi connectivity index (χ1n) is 9.88. The molecule has 1 amide bonds. The summed E-state index contributed by atoms with van der Waals surface area (Å²) in [5, 5.41) is 1.89. The number of cyclic esters (lactones) is 1. The SMILES string of the molecule is O=C1OCc2cc(Cl)ccc2N1C1CCN(S(=O)(=O)c2sc3ccc(Cl)cc3c2Cl)CC1. The Morgan fingerprint density at radius 1 is 1.00 bits per heavy atom. The van der Waals surface area contributed by atoms with Gasteiger partial charge in [-0.05, 0) is 49.2 Å². The molecule has 5 rings (SSSR count). The largest absolute Gasteiger partial charge is 0.444 e. The molecule has 0 N–H and O–H groups in total. The predicted molar refractivity (Wildman–Crippen MR) is 128 cm³/mol. The predicted octanol–water partition coefficient (Wildman–Crippen LogP) is 6.17. The molecule has 0 radical (unpaired) electrons. The molecule has 0 bridgehead atoms. The van der Waals surface area contributed by atoms with Crippen LogP contribution in [0.25, 0.3) is 10.1 Å². The van der Waals surface area contributed by atoms with Crippen LogP contribution in [0.3, 0.4) is 0 Å². The third-order valence-corrected chi connectivity index (χ3v) is 10.4. The van der Waals surface area contributed by atoms with Crippen molar-refractivity contribution in [2.45, 2.75) is 29.7 Å². The Bertz CT molecular complexity index is 1330. The van der Waals surface area contributed by atoms with E-state index in [0.717, 1.165) is 27.3 Å². The molecule has 1 saturated heterocycles. The molecule has 3 heterocycles. The van der Waals surface area contributed by atoms with Crippen molar-refractivity contribution in [3.63, 3.8) is 0 Å². The maximum Gasteiger partial charge on any atom is 0.414 e. The number of anilines is 1. The van der Waals surface area contributed by atoms with E-state index >= 15 is 0 Å². The molecule has 0 atom stereocenters. The normalized spacial score (nSPS) is 18.1. The number of carbonyl (C=O) groups excluding carboxylic acids is 1. The Hall–Kier alpha value is -1.55. The van der Waals surface area contributed by atoms with Crippen LogP contribution in [-0.2, 0) is 21.4 Å². The number of halogens is 3. The average molecular weight is 532 g/mol. The molecule has 1 fully saturated rings. The average Bonchev–Trinajstić information content (AvgIpc) is 3.10. The van der Waals surface area contributed by atoms with E-state index in [1.807, 2.05) is 6.07 Å². The van der Waals surface area contributed by atoms with Gasteiger partial charge in [-0.1, -0.05) is 34.8 Å². The van der Waals surface area contributed by atoms with Gasteiger partial charge in [0.2, 0.25) is 0 Å². The lowest BCUT2D eigenvalue weighted by Crippen LogP contribution is -2.50. The summed E-state index contributed by atoms with van der Waals surface area (Å²) in [5.74, 6) is 0. The van der Waals surface area contributed by atoms with E-state index in [0.29, 0.717) is 28.3 Å². The standard InChI is InChI=1S/C21H17Cl3N2O4S2/c22-13-1-3-17-12(9-13)11-30-21(27)26(17)15-5-7-25(8-6-15)32(28,29)20-19(24)16-10-14(23)2-4-18(16)31-20/h1-4,9-10,15H,5-8,11H2. The summed E-state index contributed by atoms with van der Waals surface area (Å²) in [6.45, 7) is 0.711. The van der Waals surface area contributed by atoms with Crippen molar-refractivity contribution in [2.75, 3.05) is 18.0 Å². The van der Waals surface area contributed by atoms with Crippen LogP contribution < -0.4 is 4.90 Å². The number of nitrogens with zero attached hydrogens (tertiary/aromatic N) is 2. The Labute approximate surface area is 204 Å². The van der Waals surface area contributed by atoms with E-state index in [4.69, 9.17) is 39.5 Å². The second-order valence-corrected chi connectivity index (χ2v) is 12.1. The zero-order valence-corrected chi connectivity index (χ0v) is 20.5. The van der Waals surface area contributed by atoms with Crippen molar-refractivity contribution in [1.82, 2.24) is 4.31 Å². The highest BCUT2D eigenvalue weighted by molar-refractivity contribution is 7.91. The van der Waals surface area contributed by atoms with Crippen LogP contribution >= 0.6 is 46.1 Å². The van der Waals surface area contributed by atoms with E-state index in [2.05, 4.69) is 0 Å². The molecule has 11 heteroatoms. The summed E-state index contributed by atoms with van der Waals surface area (Å²) < 4.78 is 34.3. The minimum atomic E-state index is -3.78. The van der Waals surface area contributed by atoms with Crippen LogP contribution in [0.5, 0.6) is 0 Å². The van der Waals surface area contributed by atoms with Gasteiger partial charge in [-0.3, -0.25) is 4.90 Å². The van der Waals surface area contributed by atoms with Crippen molar-refractivity contribution in [3.8, 4) is 0 Å². The van der Waals surface area contributed by atoms with Crippen molar-refractivity contribution < 1.29 is 17.9 Å². The number of hydrogen-bond donors (Lipinski definition) is 0. The second kappa shape index (κ2) is 8.34. The summed E-state index contributed by atoms with van der Waals surface area (Å²) in [6, 6.07) is 10.3. The number of ether oxygens (including phenoxy) is 1. The number of piperidine rings is 1. The van der Waals surface area contributed by atoms with Gasteiger partial charge in [-0.15, -0.1) is 11.3 Å². The fourth-order valence-electron chi connectivity index (χ4n) is 4.20. The number of sulfonamides is 1. The van der Waals surface area contributed by atoms with Crippen molar-refractivity contribution in [1.29, 1.82) is 0 Å². The van der Waals surface area contributed by atoms with Gasteiger partial charge in [0.15, 0.2) is 4.21 Å². The van der Waals surface area contributed by atoms with E-state index < -0.39 is 16.1 Å². The molecule has 0 spiro atoms. The summed E-state index contributed by atoms with van der Waals surface area (Å²) in [6.07, 6.45) is 0.528.